The van der Waals surface area contributed by atoms with Crippen LogP contribution in [0, 0.1) is 13.8 Å². The zero-order valence-corrected chi connectivity index (χ0v) is 21.0. The van der Waals surface area contributed by atoms with Gasteiger partial charge >= 0.3 is 5.97 Å². The minimum Gasteiger partial charge on any atom is -0.462 e. The van der Waals surface area contributed by atoms with Gasteiger partial charge in [0.2, 0.25) is 11.7 Å². The first-order valence-electron chi connectivity index (χ1n) is 10.9. The van der Waals surface area contributed by atoms with E-state index in [1.165, 1.54) is 23.1 Å². The van der Waals surface area contributed by atoms with Gasteiger partial charge in [-0.2, -0.15) is 0 Å². The van der Waals surface area contributed by atoms with Crippen molar-refractivity contribution in [3.8, 4) is 0 Å². The van der Waals surface area contributed by atoms with E-state index in [0.29, 0.717) is 38.9 Å². The van der Waals surface area contributed by atoms with Crippen molar-refractivity contribution in [1.82, 2.24) is 19.2 Å². The van der Waals surface area contributed by atoms with Gasteiger partial charge in [0.05, 0.1) is 28.8 Å². The fourth-order valence-corrected chi connectivity index (χ4v) is 5.51. The third-order valence-electron chi connectivity index (χ3n) is 5.38. The molecule has 178 valence electrons. The van der Waals surface area contributed by atoms with Crippen LogP contribution in [0.1, 0.15) is 41.1 Å². The number of anilines is 1. The standard InChI is InChI=1S/C23H25N5O4S2/c1-5-11-27-20(30)15-9-7-8-10-16(15)28-22(27)25-26-23(28)33-12-17(29)24-19-18(21(31)32-6-2)13(3)14(4)34-19/h7-10H,5-6,11-12H2,1-4H3,(H,24,29). The molecule has 0 bridgehead atoms. The molecular weight excluding hydrogens is 474 g/mol. The Balaban J connectivity index is 1.62. The van der Waals surface area contributed by atoms with Crippen molar-refractivity contribution in [3.63, 3.8) is 0 Å². The summed E-state index contributed by atoms with van der Waals surface area (Å²) in [5.41, 5.74) is 1.78. The first-order valence-corrected chi connectivity index (χ1v) is 12.7. The van der Waals surface area contributed by atoms with E-state index in [-0.39, 0.29) is 23.8 Å². The highest BCUT2D eigenvalue weighted by Gasteiger charge is 2.23. The highest BCUT2D eigenvalue weighted by atomic mass is 32.2. The molecule has 0 aliphatic rings. The van der Waals surface area contributed by atoms with E-state index in [4.69, 9.17) is 4.74 Å². The van der Waals surface area contributed by atoms with Crippen molar-refractivity contribution < 1.29 is 14.3 Å². The molecule has 3 heterocycles. The fraction of sp³-hybridized carbons (Fsp3) is 0.348. The van der Waals surface area contributed by atoms with Crippen LogP contribution in [0.15, 0.2) is 34.2 Å². The van der Waals surface area contributed by atoms with Crippen LogP contribution in [-0.2, 0) is 16.1 Å². The number of nitrogens with one attached hydrogen (secondary N) is 1. The number of thioether (sulfide) groups is 1. The lowest BCUT2D eigenvalue weighted by Gasteiger charge is -2.10. The quantitative estimate of drug-likeness (QED) is 0.288. The monoisotopic (exact) mass is 499 g/mol. The topological polar surface area (TPSA) is 108 Å². The maximum absolute atomic E-state index is 12.9. The average Bonchev–Trinajstić information content (AvgIpc) is 3.36. The number of rotatable bonds is 8. The minimum absolute atomic E-state index is 0.0558. The number of aryl methyl sites for hydroxylation is 2. The van der Waals surface area contributed by atoms with Gasteiger partial charge in [-0.1, -0.05) is 30.8 Å². The Morgan fingerprint density at radius 3 is 2.68 bits per heavy atom. The molecule has 1 amide bonds. The molecule has 0 aliphatic heterocycles. The maximum Gasteiger partial charge on any atom is 0.341 e. The second-order valence-electron chi connectivity index (χ2n) is 7.64. The molecule has 11 heteroatoms. The summed E-state index contributed by atoms with van der Waals surface area (Å²) in [4.78, 5) is 39.1. The smallest absolute Gasteiger partial charge is 0.341 e. The van der Waals surface area contributed by atoms with Gasteiger partial charge in [0.25, 0.3) is 5.56 Å². The Bertz CT molecular complexity index is 1450. The summed E-state index contributed by atoms with van der Waals surface area (Å²) in [6.07, 6.45) is 0.772. The number of ether oxygens (including phenoxy) is 1. The number of thiophene rings is 1. The summed E-state index contributed by atoms with van der Waals surface area (Å²) in [7, 11) is 0. The molecule has 0 atom stereocenters. The first kappa shape index (κ1) is 24.0. The normalized spacial score (nSPS) is 11.3. The Kier molecular flexibility index (Phi) is 7.03. The van der Waals surface area contributed by atoms with E-state index < -0.39 is 5.97 Å². The number of carbonyl (C=O) groups is 2. The zero-order valence-electron chi connectivity index (χ0n) is 19.4. The molecule has 1 aromatic carbocycles. The zero-order chi connectivity index (χ0) is 24.4. The van der Waals surface area contributed by atoms with Crippen LogP contribution in [0.4, 0.5) is 5.00 Å². The Morgan fingerprint density at radius 2 is 1.94 bits per heavy atom. The van der Waals surface area contributed by atoms with Gasteiger partial charge < -0.3 is 10.1 Å². The number of benzene rings is 1. The summed E-state index contributed by atoms with van der Waals surface area (Å²) in [6.45, 7) is 8.25. The Morgan fingerprint density at radius 1 is 1.18 bits per heavy atom. The van der Waals surface area contributed by atoms with E-state index in [1.54, 1.807) is 17.6 Å². The fourth-order valence-electron chi connectivity index (χ4n) is 3.71. The van der Waals surface area contributed by atoms with Crippen LogP contribution in [0.25, 0.3) is 16.7 Å². The molecule has 9 nitrogen and oxygen atoms in total. The van der Waals surface area contributed by atoms with E-state index in [2.05, 4.69) is 15.5 Å². The number of esters is 1. The number of hydrogen-bond acceptors (Lipinski definition) is 8. The van der Waals surface area contributed by atoms with Crippen LogP contribution in [0.3, 0.4) is 0 Å². The van der Waals surface area contributed by atoms with Crippen molar-refractivity contribution in [2.24, 2.45) is 0 Å². The molecule has 0 radical (unpaired) electrons. The molecule has 0 spiro atoms. The van der Waals surface area contributed by atoms with Crippen molar-refractivity contribution in [2.45, 2.75) is 45.8 Å². The molecule has 0 saturated heterocycles. The molecule has 0 fully saturated rings. The molecule has 4 rings (SSSR count). The summed E-state index contributed by atoms with van der Waals surface area (Å²) in [5.74, 6) is -0.223. The summed E-state index contributed by atoms with van der Waals surface area (Å²) in [6, 6.07) is 7.30. The van der Waals surface area contributed by atoms with Crippen LogP contribution in [0.5, 0.6) is 0 Å². The highest BCUT2D eigenvalue weighted by molar-refractivity contribution is 7.99. The molecular formula is C23H25N5O4S2. The number of fused-ring (bicyclic) bond motifs is 3. The second kappa shape index (κ2) is 9.98. The van der Waals surface area contributed by atoms with Gasteiger partial charge in [-0.3, -0.25) is 18.6 Å². The van der Waals surface area contributed by atoms with Gasteiger partial charge in [0.15, 0.2) is 5.16 Å². The first-order chi connectivity index (χ1) is 16.4. The van der Waals surface area contributed by atoms with Crippen LogP contribution < -0.4 is 10.9 Å². The highest BCUT2D eigenvalue weighted by Crippen LogP contribution is 2.33. The summed E-state index contributed by atoms with van der Waals surface area (Å²) in [5, 5.41) is 12.9. The summed E-state index contributed by atoms with van der Waals surface area (Å²) < 4.78 is 8.58. The third kappa shape index (κ3) is 4.32. The van der Waals surface area contributed by atoms with Gasteiger partial charge in [-0.15, -0.1) is 21.5 Å². The van der Waals surface area contributed by atoms with Gasteiger partial charge in [-0.25, -0.2) is 4.79 Å². The van der Waals surface area contributed by atoms with Crippen molar-refractivity contribution in [1.29, 1.82) is 0 Å². The lowest BCUT2D eigenvalue weighted by Crippen LogP contribution is -2.23. The van der Waals surface area contributed by atoms with E-state index in [0.717, 1.165) is 16.9 Å². The number of amides is 1. The van der Waals surface area contributed by atoms with E-state index in [1.807, 2.05) is 43.4 Å². The molecule has 4 aromatic rings. The number of nitrogens with zero attached hydrogens (tertiary/aromatic N) is 4. The number of aromatic nitrogens is 4. The largest absolute Gasteiger partial charge is 0.462 e. The second-order valence-corrected chi connectivity index (χ2v) is 9.80. The van der Waals surface area contributed by atoms with Crippen molar-refractivity contribution in [2.75, 3.05) is 17.7 Å². The van der Waals surface area contributed by atoms with Crippen LogP contribution in [0.2, 0.25) is 0 Å². The average molecular weight is 500 g/mol. The SMILES string of the molecule is CCCn1c(=O)c2ccccc2n2c(SCC(=O)Nc3sc(C)c(C)c3C(=O)OCC)nnc12. The Hall–Kier alpha value is -3.18. The lowest BCUT2D eigenvalue weighted by atomic mass is 10.1. The van der Waals surface area contributed by atoms with Gasteiger partial charge in [0, 0.05) is 11.4 Å². The van der Waals surface area contributed by atoms with E-state index >= 15 is 0 Å². The van der Waals surface area contributed by atoms with Gasteiger partial charge in [0.1, 0.15) is 5.00 Å². The Labute approximate surface area is 204 Å². The molecule has 0 aliphatic carbocycles. The van der Waals surface area contributed by atoms with Crippen LogP contribution >= 0.6 is 23.1 Å². The molecule has 1 N–H and O–H groups in total. The molecule has 0 unspecified atom stereocenters. The number of hydrogen-bond donors (Lipinski definition) is 1. The maximum atomic E-state index is 12.9. The summed E-state index contributed by atoms with van der Waals surface area (Å²) >= 11 is 2.56. The third-order valence-corrected chi connectivity index (χ3v) is 7.43. The molecule has 3 aromatic heterocycles. The van der Waals surface area contributed by atoms with Crippen molar-refractivity contribution >= 4 is 56.7 Å². The van der Waals surface area contributed by atoms with Gasteiger partial charge in [-0.05, 0) is 44.9 Å². The predicted octanol–water partition coefficient (Wildman–Crippen LogP) is 4.04. The van der Waals surface area contributed by atoms with Crippen molar-refractivity contribution in [3.05, 3.63) is 50.6 Å². The predicted molar refractivity (Wildman–Crippen MR) is 134 cm³/mol. The molecule has 34 heavy (non-hydrogen) atoms. The minimum atomic E-state index is -0.448. The molecule has 0 saturated carbocycles. The van der Waals surface area contributed by atoms with E-state index in [9.17, 15) is 14.4 Å². The lowest BCUT2D eigenvalue weighted by molar-refractivity contribution is -0.113. The number of para-hydroxylation sites is 1. The van der Waals surface area contributed by atoms with Crippen LogP contribution in [-0.4, -0.2) is 43.4 Å². The number of carbonyl (C=O) groups excluding carboxylic acids is 2.